The molecule has 0 aromatic rings. The van der Waals surface area contributed by atoms with Crippen LogP contribution in [-0.4, -0.2) is 18.1 Å². The number of esters is 1. The van der Waals surface area contributed by atoms with Crippen LogP contribution in [0.3, 0.4) is 0 Å². The van der Waals surface area contributed by atoms with Gasteiger partial charge in [-0.25, -0.2) is 0 Å². The van der Waals surface area contributed by atoms with Gasteiger partial charge in [0.05, 0.1) is 6.42 Å². The Morgan fingerprint density at radius 2 is 2.44 bits per heavy atom. The Balaban J connectivity index is 2.18. The second kappa shape index (κ2) is 2.05. The van der Waals surface area contributed by atoms with Crippen molar-refractivity contribution in [3.05, 3.63) is 0 Å². The molecule has 0 aromatic carbocycles. The van der Waals surface area contributed by atoms with Crippen molar-refractivity contribution in [2.45, 2.75) is 19.6 Å². The fraction of sp³-hybridized carbons (Fsp3) is 0.600. The van der Waals surface area contributed by atoms with Gasteiger partial charge in [0.2, 0.25) is 5.91 Å². The maximum atomic E-state index is 10.2. The van der Waals surface area contributed by atoms with Gasteiger partial charge in [-0.3, -0.25) is 9.59 Å². The summed E-state index contributed by atoms with van der Waals surface area (Å²) in [5.74, 6) is -0.429. The molecule has 9 heavy (non-hydrogen) atoms. The number of hydrogen-bond acceptors (Lipinski definition) is 3. The number of ether oxygens (including phenoxy) is 1. The molecule has 1 fully saturated rings. The quantitative estimate of drug-likeness (QED) is 0.379. The Kier molecular flexibility index (Phi) is 1.38. The van der Waals surface area contributed by atoms with E-state index in [4.69, 9.17) is 0 Å². The van der Waals surface area contributed by atoms with Crippen LogP contribution in [0.2, 0.25) is 0 Å². The second-order valence-electron chi connectivity index (χ2n) is 1.87. The molecular weight excluding hydrogens is 122 g/mol. The van der Waals surface area contributed by atoms with Crippen LogP contribution in [0.15, 0.2) is 0 Å². The van der Waals surface area contributed by atoms with E-state index < -0.39 is 0 Å². The molecule has 0 bridgehead atoms. The fourth-order valence-electron chi connectivity index (χ4n) is 0.598. The third kappa shape index (κ3) is 1.42. The summed E-state index contributed by atoms with van der Waals surface area (Å²) in [5, 5.41) is 2.39. The third-order valence-corrected chi connectivity index (χ3v) is 1.00. The normalized spacial score (nSPS) is 24.1. The van der Waals surface area contributed by atoms with Crippen molar-refractivity contribution < 1.29 is 14.3 Å². The van der Waals surface area contributed by atoms with Crippen LogP contribution in [0.1, 0.15) is 13.3 Å². The zero-order valence-electron chi connectivity index (χ0n) is 5.01. The van der Waals surface area contributed by atoms with Gasteiger partial charge in [-0.15, -0.1) is 0 Å². The van der Waals surface area contributed by atoms with E-state index in [9.17, 15) is 9.59 Å². The molecule has 50 valence electrons. The number of carbonyl (C=O) groups excluding carboxylic acids is 2. The Morgan fingerprint density at radius 3 is 2.78 bits per heavy atom. The number of nitrogens with one attached hydrogen (secondary N) is 1. The summed E-state index contributed by atoms with van der Waals surface area (Å²) in [6.07, 6.45) is -0.0606. The molecular formula is C5H7NO3. The van der Waals surface area contributed by atoms with E-state index in [-0.39, 0.29) is 18.1 Å². The molecule has 0 radical (unpaired) electrons. The Hall–Kier alpha value is -1.06. The third-order valence-electron chi connectivity index (χ3n) is 1.00. The van der Waals surface area contributed by atoms with Gasteiger partial charge >= 0.3 is 5.97 Å². The topological polar surface area (TPSA) is 55.4 Å². The van der Waals surface area contributed by atoms with E-state index in [1.165, 1.54) is 6.92 Å². The van der Waals surface area contributed by atoms with Crippen molar-refractivity contribution in [1.82, 2.24) is 5.32 Å². The molecule has 1 amide bonds. The predicted octanol–water partition coefficient (Wildman–Crippen LogP) is -0.605. The lowest BCUT2D eigenvalue weighted by molar-refractivity contribution is -0.158. The molecule has 0 unspecified atom stereocenters. The van der Waals surface area contributed by atoms with Crippen molar-refractivity contribution in [3.8, 4) is 0 Å². The van der Waals surface area contributed by atoms with Crippen LogP contribution in [0.4, 0.5) is 0 Å². The lowest BCUT2D eigenvalue weighted by atomic mass is 10.2. The summed E-state index contributed by atoms with van der Waals surface area (Å²) in [6, 6.07) is 0. The minimum Gasteiger partial charge on any atom is -0.441 e. The molecule has 1 heterocycles. The van der Waals surface area contributed by atoms with E-state index in [1.54, 1.807) is 0 Å². The van der Waals surface area contributed by atoms with Crippen molar-refractivity contribution in [3.63, 3.8) is 0 Å². The maximum Gasteiger partial charge on any atom is 0.304 e. The van der Waals surface area contributed by atoms with Gasteiger partial charge in [0.1, 0.15) is 0 Å². The highest BCUT2D eigenvalue weighted by atomic mass is 16.6. The Bertz CT molecular complexity index is 146. The summed E-state index contributed by atoms with van der Waals surface area (Å²) in [6.45, 7) is 1.31. The summed E-state index contributed by atoms with van der Waals surface area (Å²) in [4.78, 5) is 20.4. The number of amides is 1. The first-order valence-electron chi connectivity index (χ1n) is 2.65. The SMILES string of the molecule is CC(=O)O[C@@H]1CC(=O)N1. The molecule has 0 spiro atoms. The van der Waals surface area contributed by atoms with Crippen LogP contribution in [-0.2, 0) is 14.3 Å². The highest BCUT2D eigenvalue weighted by Crippen LogP contribution is 2.04. The van der Waals surface area contributed by atoms with Gasteiger partial charge in [-0.2, -0.15) is 0 Å². The lowest BCUT2D eigenvalue weighted by Crippen LogP contribution is -2.50. The summed E-state index contributed by atoms with van der Waals surface area (Å²) >= 11 is 0. The first-order chi connectivity index (χ1) is 4.18. The summed E-state index contributed by atoms with van der Waals surface area (Å²) < 4.78 is 4.59. The number of hydrogen-bond donors (Lipinski definition) is 1. The molecule has 0 aliphatic carbocycles. The van der Waals surface area contributed by atoms with Crippen molar-refractivity contribution in [2.24, 2.45) is 0 Å². The minimum atomic E-state index is -0.366. The second-order valence-corrected chi connectivity index (χ2v) is 1.87. The molecule has 4 nitrogen and oxygen atoms in total. The number of rotatable bonds is 1. The van der Waals surface area contributed by atoms with Gasteiger partial charge in [-0.05, 0) is 0 Å². The van der Waals surface area contributed by atoms with E-state index in [0.717, 1.165) is 0 Å². The largest absolute Gasteiger partial charge is 0.441 e. The first kappa shape index (κ1) is 6.07. The molecule has 1 saturated heterocycles. The maximum absolute atomic E-state index is 10.2. The fourth-order valence-corrected chi connectivity index (χ4v) is 0.598. The predicted molar refractivity (Wildman–Crippen MR) is 28.3 cm³/mol. The molecule has 1 aliphatic heterocycles. The lowest BCUT2D eigenvalue weighted by Gasteiger charge is -2.25. The van der Waals surface area contributed by atoms with E-state index in [2.05, 4.69) is 10.1 Å². The van der Waals surface area contributed by atoms with Crippen LogP contribution in [0.5, 0.6) is 0 Å². The molecule has 0 aromatic heterocycles. The van der Waals surface area contributed by atoms with Gasteiger partial charge in [0.25, 0.3) is 0 Å². The van der Waals surface area contributed by atoms with Crippen LogP contribution >= 0.6 is 0 Å². The van der Waals surface area contributed by atoms with Crippen molar-refractivity contribution in [1.29, 1.82) is 0 Å². The molecule has 1 rings (SSSR count). The number of carbonyl (C=O) groups is 2. The van der Waals surface area contributed by atoms with Crippen molar-refractivity contribution in [2.75, 3.05) is 0 Å². The smallest absolute Gasteiger partial charge is 0.304 e. The highest BCUT2D eigenvalue weighted by molar-refractivity contribution is 5.83. The molecule has 1 atom stereocenters. The van der Waals surface area contributed by atoms with Gasteiger partial charge in [0, 0.05) is 6.92 Å². The zero-order valence-corrected chi connectivity index (χ0v) is 5.01. The summed E-state index contributed by atoms with van der Waals surface area (Å²) in [5.41, 5.74) is 0. The first-order valence-corrected chi connectivity index (χ1v) is 2.65. The van der Waals surface area contributed by atoms with Gasteiger partial charge in [0.15, 0.2) is 6.23 Å². The van der Waals surface area contributed by atoms with E-state index >= 15 is 0 Å². The Labute approximate surface area is 52.2 Å². The zero-order chi connectivity index (χ0) is 6.85. The van der Waals surface area contributed by atoms with E-state index in [0.29, 0.717) is 6.42 Å². The minimum absolute atomic E-state index is 0.0683. The molecule has 0 saturated carbocycles. The highest BCUT2D eigenvalue weighted by Gasteiger charge is 2.27. The standard InChI is InChI=1S/C5H7NO3/c1-3(7)9-5-2-4(8)6-5/h5H,2H2,1H3,(H,6,8)/t5-/m1/s1. The average molecular weight is 129 g/mol. The molecule has 4 heteroatoms. The number of β-lactam (4-membered cyclic amide) rings is 1. The Morgan fingerprint density at radius 1 is 1.89 bits per heavy atom. The van der Waals surface area contributed by atoms with Crippen molar-refractivity contribution >= 4 is 11.9 Å². The van der Waals surface area contributed by atoms with Crippen LogP contribution < -0.4 is 5.32 Å². The average Bonchev–Trinajstić information content (AvgIpc) is 1.60. The van der Waals surface area contributed by atoms with Gasteiger partial charge in [-0.1, -0.05) is 0 Å². The van der Waals surface area contributed by atoms with Crippen LogP contribution in [0, 0.1) is 0 Å². The monoisotopic (exact) mass is 129 g/mol. The van der Waals surface area contributed by atoms with Crippen LogP contribution in [0.25, 0.3) is 0 Å². The summed E-state index contributed by atoms with van der Waals surface area (Å²) in [7, 11) is 0. The van der Waals surface area contributed by atoms with E-state index in [1.807, 2.05) is 0 Å². The molecule has 1 aliphatic rings. The molecule has 1 N–H and O–H groups in total. The van der Waals surface area contributed by atoms with Gasteiger partial charge < -0.3 is 10.1 Å².